The lowest BCUT2D eigenvalue weighted by molar-refractivity contribution is 0.395. The molecule has 0 saturated carbocycles. The first-order chi connectivity index (χ1) is 16.0. The van der Waals surface area contributed by atoms with Gasteiger partial charge in [0.2, 0.25) is 0 Å². The van der Waals surface area contributed by atoms with Crippen LogP contribution < -0.4 is 18.9 Å². The van der Waals surface area contributed by atoms with E-state index in [-0.39, 0.29) is 0 Å². The zero-order valence-electron chi connectivity index (χ0n) is 18.6. The summed E-state index contributed by atoms with van der Waals surface area (Å²) >= 11 is 12.7. The van der Waals surface area contributed by atoms with Crippen LogP contribution in [0, 0.1) is 0 Å². The van der Waals surface area contributed by atoms with Gasteiger partial charge < -0.3 is 18.9 Å². The van der Waals surface area contributed by atoms with Crippen LogP contribution in [0.1, 0.15) is 0 Å². The lowest BCUT2D eigenvalue weighted by Crippen LogP contribution is -2.01. The Morgan fingerprint density at radius 2 is 1.27 bits per heavy atom. The van der Waals surface area contributed by atoms with Crippen molar-refractivity contribution in [3.63, 3.8) is 0 Å². The van der Waals surface area contributed by atoms with E-state index in [2.05, 4.69) is 0 Å². The fourth-order valence-electron chi connectivity index (χ4n) is 3.56. The molecule has 1 heterocycles. The molecule has 4 rings (SSSR count). The third-order valence-electron chi connectivity index (χ3n) is 5.22. The summed E-state index contributed by atoms with van der Waals surface area (Å²) < 4.78 is 23.7. The molecule has 0 amide bonds. The summed E-state index contributed by atoms with van der Waals surface area (Å²) in [6, 6.07) is 18.4. The van der Waals surface area contributed by atoms with Gasteiger partial charge in [0, 0.05) is 28.3 Å². The Morgan fingerprint density at radius 1 is 0.667 bits per heavy atom. The Kier molecular flexibility index (Phi) is 6.67. The Bertz CT molecular complexity index is 1300. The maximum atomic E-state index is 6.56. The summed E-state index contributed by atoms with van der Waals surface area (Å²) in [5.74, 6) is 2.64. The average Bonchev–Trinajstić information content (AvgIpc) is 3.27. The van der Waals surface area contributed by atoms with Gasteiger partial charge >= 0.3 is 0 Å². The maximum Gasteiger partial charge on any atom is 0.132 e. The molecule has 0 aliphatic rings. The van der Waals surface area contributed by atoms with Crippen molar-refractivity contribution in [2.24, 2.45) is 0 Å². The number of nitrogens with zero attached hydrogens (tertiary/aromatic N) is 2. The van der Waals surface area contributed by atoms with Crippen molar-refractivity contribution in [3.8, 4) is 51.2 Å². The van der Waals surface area contributed by atoms with Gasteiger partial charge in [-0.3, -0.25) is 0 Å². The zero-order valence-corrected chi connectivity index (χ0v) is 20.1. The minimum absolute atomic E-state index is 0.465. The number of hydrogen-bond acceptors (Lipinski definition) is 5. The summed E-state index contributed by atoms with van der Waals surface area (Å²) in [5.41, 5.74) is 3.75. The molecule has 0 N–H and O–H groups in total. The SMILES string of the molecule is COc1ccc(-c2cc(-c3ccc(OC)cc3OC)n(-c3ccc(Cl)cc3Cl)n2)c(OC)c1. The first kappa shape index (κ1) is 22.8. The Morgan fingerprint density at radius 3 is 1.85 bits per heavy atom. The van der Waals surface area contributed by atoms with Crippen molar-refractivity contribution in [3.05, 3.63) is 70.7 Å². The van der Waals surface area contributed by atoms with Gasteiger partial charge in [-0.15, -0.1) is 0 Å². The van der Waals surface area contributed by atoms with Gasteiger partial charge in [-0.25, -0.2) is 4.68 Å². The predicted octanol–water partition coefficient (Wildman–Crippen LogP) is 6.55. The number of halogens is 2. The summed E-state index contributed by atoms with van der Waals surface area (Å²) in [6.45, 7) is 0. The highest BCUT2D eigenvalue weighted by Crippen LogP contribution is 2.40. The lowest BCUT2D eigenvalue weighted by Gasteiger charge is -2.13. The number of ether oxygens (including phenoxy) is 4. The molecule has 33 heavy (non-hydrogen) atoms. The first-order valence-corrected chi connectivity index (χ1v) is 10.7. The normalized spacial score (nSPS) is 10.7. The van der Waals surface area contributed by atoms with E-state index in [9.17, 15) is 0 Å². The molecule has 0 aliphatic carbocycles. The molecule has 170 valence electrons. The summed E-state index contributed by atoms with van der Waals surface area (Å²) in [6.07, 6.45) is 0. The van der Waals surface area contributed by atoms with E-state index >= 15 is 0 Å². The molecule has 0 bridgehead atoms. The molecule has 0 spiro atoms. The van der Waals surface area contributed by atoms with Crippen LogP contribution in [0.3, 0.4) is 0 Å². The van der Waals surface area contributed by atoms with Crippen molar-refractivity contribution < 1.29 is 18.9 Å². The van der Waals surface area contributed by atoms with Crippen LogP contribution in [0.15, 0.2) is 60.7 Å². The Balaban J connectivity index is 1.97. The molecule has 3 aromatic carbocycles. The van der Waals surface area contributed by atoms with Crippen LogP contribution in [-0.4, -0.2) is 38.2 Å². The number of rotatable bonds is 7. The van der Waals surface area contributed by atoms with E-state index in [1.165, 1.54) is 0 Å². The van der Waals surface area contributed by atoms with Crippen LogP contribution in [0.25, 0.3) is 28.2 Å². The van der Waals surface area contributed by atoms with Gasteiger partial charge in [0.25, 0.3) is 0 Å². The quantitative estimate of drug-likeness (QED) is 0.297. The highest BCUT2D eigenvalue weighted by molar-refractivity contribution is 6.35. The highest BCUT2D eigenvalue weighted by atomic mass is 35.5. The molecular weight excluding hydrogens is 463 g/mol. The van der Waals surface area contributed by atoms with E-state index in [1.54, 1.807) is 45.3 Å². The summed E-state index contributed by atoms with van der Waals surface area (Å²) in [4.78, 5) is 0. The fraction of sp³-hybridized carbons (Fsp3) is 0.160. The molecule has 0 aliphatic heterocycles. The molecule has 8 heteroatoms. The first-order valence-electron chi connectivity index (χ1n) is 9.99. The maximum absolute atomic E-state index is 6.56. The van der Waals surface area contributed by atoms with E-state index in [1.807, 2.05) is 48.5 Å². The van der Waals surface area contributed by atoms with Crippen LogP contribution in [0.4, 0.5) is 0 Å². The largest absolute Gasteiger partial charge is 0.497 e. The highest BCUT2D eigenvalue weighted by Gasteiger charge is 2.20. The van der Waals surface area contributed by atoms with Gasteiger partial charge in [-0.05, 0) is 48.5 Å². The molecule has 0 saturated heterocycles. The van der Waals surface area contributed by atoms with Crippen molar-refractivity contribution in [1.29, 1.82) is 0 Å². The Hall–Kier alpha value is -3.35. The molecule has 4 aromatic rings. The molecule has 1 aromatic heterocycles. The van der Waals surface area contributed by atoms with Crippen LogP contribution in [0.5, 0.6) is 23.0 Å². The molecular formula is C25H22Cl2N2O4. The number of benzene rings is 3. The molecule has 0 fully saturated rings. The van der Waals surface area contributed by atoms with E-state index < -0.39 is 0 Å². The van der Waals surface area contributed by atoms with Crippen LogP contribution in [-0.2, 0) is 0 Å². The van der Waals surface area contributed by atoms with Gasteiger partial charge in [0.05, 0.1) is 50.5 Å². The number of hydrogen-bond donors (Lipinski definition) is 0. The minimum Gasteiger partial charge on any atom is -0.497 e. The third-order valence-corrected chi connectivity index (χ3v) is 5.75. The second kappa shape index (κ2) is 9.65. The van der Waals surface area contributed by atoms with Crippen LogP contribution in [0.2, 0.25) is 10.0 Å². The fourth-order valence-corrected chi connectivity index (χ4v) is 4.05. The molecule has 6 nitrogen and oxygen atoms in total. The average molecular weight is 485 g/mol. The third kappa shape index (κ3) is 4.45. The Labute approximate surface area is 202 Å². The predicted molar refractivity (Wildman–Crippen MR) is 131 cm³/mol. The van der Waals surface area contributed by atoms with Gasteiger partial charge in [-0.1, -0.05) is 23.2 Å². The zero-order chi connectivity index (χ0) is 23.5. The standard InChI is InChI=1S/C25H22Cl2N2O4/c1-30-16-6-8-18(24(12-16)32-3)21-14-23(19-9-7-17(31-2)13-25(19)33-4)29(28-21)22-10-5-15(26)11-20(22)27/h5-14H,1-4H3. The molecule has 0 unspecified atom stereocenters. The number of aromatic nitrogens is 2. The van der Waals surface area contributed by atoms with Crippen molar-refractivity contribution in [2.45, 2.75) is 0 Å². The minimum atomic E-state index is 0.465. The second-order valence-corrected chi connectivity index (χ2v) is 7.90. The van der Waals surface area contributed by atoms with E-state index in [0.29, 0.717) is 44.4 Å². The van der Waals surface area contributed by atoms with Crippen molar-refractivity contribution in [1.82, 2.24) is 9.78 Å². The van der Waals surface area contributed by atoms with Gasteiger partial charge in [0.15, 0.2) is 0 Å². The monoisotopic (exact) mass is 484 g/mol. The molecule has 0 atom stereocenters. The summed E-state index contributed by atoms with van der Waals surface area (Å²) in [7, 11) is 6.44. The van der Waals surface area contributed by atoms with Crippen LogP contribution >= 0.6 is 23.2 Å². The molecule has 0 radical (unpaired) electrons. The van der Waals surface area contributed by atoms with Gasteiger partial charge in [0.1, 0.15) is 23.0 Å². The van der Waals surface area contributed by atoms with Crippen molar-refractivity contribution >= 4 is 23.2 Å². The topological polar surface area (TPSA) is 54.7 Å². The summed E-state index contributed by atoms with van der Waals surface area (Å²) in [5, 5.41) is 5.88. The van der Waals surface area contributed by atoms with Crippen molar-refractivity contribution in [2.75, 3.05) is 28.4 Å². The second-order valence-electron chi connectivity index (χ2n) is 7.05. The van der Waals surface area contributed by atoms with Gasteiger partial charge in [-0.2, -0.15) is 5.10 Å². The lowest BCUT2D eigenvalue weighted by atomic mass is 10.1. The number of methoxy groups -OCH3 is 4. The van der Waals surface area contributed by atoms with E-state index in [4.69, 9.17) is 47.2 Å². The van der Waals surface area contributed by atoms with E-state index in [0.717, 1.165) is 16.8 Å². The smallest absolute Gasteiger partial charge is 0.132 e.